The number of rotatable bonds is 2. The van der Waals surface area contributed by atoms with E-state index in [1.54, 1.807) is 0 Å². The number of anilines is 1. The number of nitrogens with one attached hydrogen (secondary N) is 2. The maximum atomic E-state index is 12.2. The summed E-state index contributed by atoms with van der Waals surface area (Å²) in [5, 5.41) is 2.93. The quantitative estimate of drug-likeness (QED) is 0.881. The molecule has 0 unspecified atom stereocenters. The Morgan fingerprint density at radius 2 is 2.10 bits per heavy atom. The predicted octanol–water partition coefficient (Wildman–Crippen LogP) is 2.57. The Morgan fingerprint density at radius 3 is 2.85 bits per heavy atom. The van der Waals surface area contributed by atoms with Gasteiger partial charge in [-0.25, -0.2) is 4.98 Å². The average Bonchev–Trinajstić information content (AvgIpc) is 2.78. The summed E-state index contributed by atoms with van der Waals surface area (Å²) in [5.41, 5.74) is 2.57. The highest BCUT2D eigenvalue weighted by Gasteiger charge is 2.24. The molecule has 0 bridgehead atoms. The number of nitrogens with zero attached hydrogens (tertiary/aromatic N) is 1. The Balaban J connectivity index is 1.72. The van der Waals surface area contributed by atoms with Crippen LogP contribution in [0.25, 0.3) is 11.0 Å². The van der Waals surface area contributed by atoms with E-state index < -0.39 is 0 Å². The van der Waals surface area contributed by atoms with Crippen LogP contribution < -0.4 is 5.32 Å². The molecule has 1 aromatic heterocycles. The SMILES string of the molecule is Cc1nc2ccc(NC(=O)C3CCC(=O)CC3)cc2[nH]1. The van der Waals surface area contributed by atoms with Crippen molar-refractivity contribution in [1.29, 1.82) is 0 Å². The molecule has 1 heterocycles. The first-order chi connectivity index (χ1) is 9.61. The molecule has 1 fully saturated rings. The van der Waals surface area contributed by atoms with Gasteiger partial charge >= 0.3 is 0 Å². The van der Waals surface area contributed by atoms with E-state index in [-0.39, 0.29) is 17.6 Å². The lowest BCUT2D eigenvalue weighted by Crippen LogP contribution is -2.27. The largest absolute Gasteiger partial charge is 0.342 e. The molecule has 0 radical (unpaired) electrons. The molecule has 1 aliphatic rings. The summed E-state index contributed by atoms with van der Waals surface area (Å²) in [4.78, 5) is 30.8. The van der Waals surface area contributed by atoms with Crippen LogP contribution in [-0.2, 0) is 9.59 Å². The number of hydrogen-bond acceptors (Lipinski definition) is 3. The maximum Gasteiger partial charge on any atom is 0.227 e. The van der Waals surface area contributed by atoms with Crippen LogP contribution in [0.2, 0.25) is 0 Å². The van der Waals surface area contributed by atoms with Gasteiger partial charge in [-0.1, -0.05) is 0 Å². The summed E-state index contributed by atoms with van der Waals surface area (Å²) in [6.45, 7) is 1.90. The van der Waals surface area contributed by atoms with Crippen molar-refractivity contribution >= 4 is 28.4 Å². The number of fused-ring (bicyclic) bond motifs is 1. The summed E-state index contributed by atoms with van der Waals surface area (Å²) in [7, 11) is 0. The minimum atomic E-state index is -0.0492. The third-order valence-electron chi connectivity index (χ3n) is 3.78. The molecule has 0 atom stereocenters. The molecule has 2 aromatic rings. The normalized spacial score (nSPS) is 16.6. The van der Waals surface area contributed by atoms with Gasteiger partial charge in [0.25, 0.3) is 0 Å². The third-order valence-corrected chi connectivity index (χ3v) is 3.78. The molecule has 5 heteroatoms. The van der Waals surface area contributed by atoms with Crippen LogP contribution in [0.5, 0.6) is 0 Å². The Bertz CT molecular complexity index is 665. The van der Waals surface area contributed by atoms with Crippen molar-refractivity contribution in [2.45, 2.75) is 32.6 Å². The molecular formula is C15H17N3O2. The molecule has 1 saturated carbocycles. The Hall–Kier alpha value is -2.17. The molecule has 104 valence electrons. The number of aryl methyl sites for hydroxylation is 1. The first kappa shape index (κ1) is 12.8. The van der Waals surface area contributed by atoms with Gasteiger partial charge in [-0.05, 0) is 38.0 Å². The number of carbonyl (C=O) groups excluding carboxylic acids is 2. The fourth-order valence-corrected chi connectivity index (χ4v) is 2.66. The summed E-state index contributed by atoms with van der Waals surface area (Å²) < 4.78 is 0. The van der Waals surface area contributed by atoms with Gasteiger partial charge in [0.05, 0.1) is 11.0 Å². The van der Waals surface area contributed by atoms with Gasteiger partial charge in [-0.2, -0.15) is 0 Å². The summed E-state index contributed by atoms with van der Waals surface area (Å²) in [5.74, 6) is 1.08. The average molecular weight is 271 g/mol. The summed E-state index contributed by atoms with van der Waals surface area (Å²) in [6.07, 6.45) is 2.37. The second-order valence-electron chi connectivity index (χ2n) is 5.36. The zero-order valence-electron chi connectivity index (χ0n) is 11.4. The van der Waals surface area contributed by atoms with Gasteiger partial charge in [0.2, 0.25) is 5.91 Å². The zero-order chi connectivity index (χ0) is 14.1. The van der Waals surface area contributed by atoms with Crippen molar-refractivity contribution in [2.24, 2.45) is 5.92 Å². The van der Waals surface area contributed by atoms with Crippen molar-refractivity contribution in [1.82, 2.24) is 9.97 Å². The molecule has 20 heavy (non-hydrogen) atoms. The minimum absolute atomic E-state index is 0.00749. The third kappa shape index (κ3) is 2.57. The van der Waals surface area contributed by atoms with Crippen LogP contribution in [0.3, 0.4) is 0 Å². The van der Waals surface area contributed by atoms with Gasteiger partial charge in [-0.15, -0.1) is 0 Å². The van der Waals surface area contributed by atoms with E-state index >= 15 is 0 Å². The molecule has 2 N–H and O–H groups in total. The highest BCUT2D eigenvalue weighted by molar-refractivity contribution is 5.95. The Kier molecular flexibility index (Phi) is 3.26. The fourth-order valence-electron chi connectivity index (χ4n) is 2.66. The number of hydrogen-bond donors (Lipinski definition) is 2. The van der Waals surface area contributed by atoms with Crippen LogP contribution in [0, 0.1) is 12.8 Å². The number of carbonyl (C=O) groups is 2. The molecule has 0 aliphatic heterocycles. The first-order valence-corrected chi connectivity index (χ1v) is 6.91. The van der Waals surface area contributed by atoms with E-state index in [2.05, 4.69) is 15.3 Å². The molecule has 1 aromatic carbocycles. The van der Waals surface area contributed by atoms with Gasteiger partial charge < -0.3 is 10.3 Å². The number of aromatic nitrogens is 2. The lowest BCUT2D eigenvalue weighted by atomic mass is 9.88. The number of aromatic amines is 1. The number of H-pyrrole nitrogens is 1. The van der Waals surface area contributed by atoms with Crippen molar-refractivity contribution in [3.05, 3.63) is 24.0 Å². The van der Waals surface area contributed by atoms with Crippen molar-refractivity contribution in [3.63, 3.8) is 0 Å². The summed E-state index contributed by atoms with van der Waals surface area (Å²) >= 11 is 0. The van der Waals surface area contributed by atoms with Gasteiger partial charge in [0.15, 0.2) is 0 Å². The zero-order valence-corrected chi connectivity index (χ0v) is 11.4. The predicted molar refractivity (Wildman–Crippen MR) is 76.4 cm³/mol. The maximum absolute atomic E-state index is 12.2. The van der Waals surface area contributed by atoms with Crippen LogP contribution in [0.1, 0.15) is 31.5 Å². The van der Waals surface area contributed by atoms with Crippen LogP contribution >= 0.6 is 0 Å². The lowest BCUT2D eigenvalue weighted by molar-refractivity contribution is -0.125. The standard InChI is InChI=1S/C15H17N3O2/c1-9-16-13-7-4-11(8-14(13)17-9)18-15(20)10-2-5-12(19)6-3-10/h4,7-8,10H,2-3,5-6H2,1H3,(H,16,17)(H,18,20). The van der Waals surface area contributed by atoms with E-state index in [1.165, 1.54) is 0 Å². The number of imidazole rings is 1. The monoisotopic (exact) mass is 271 g/mol. The number of ketones is 1. The molecule has 5 nitrogen and oxygen atoms in total. The fraction of sp³-hybridized carbons (Fsp3) is 0.400. The number of benzene rings is 1. The smallest absolute Gasteiger partial charge is 0.227 e. The molecule has 0 spiro atoms. The van der Waals surface area contributed by atoms with Gasteiger partial charge in [0, 0.05) is 24.4 Å². The second kappa shape index (κ2) is 5.07. The summed E-state index contributed by atoms with van der Waals surface area (Å²) in [6, 6.07) is 5.63. The van der Waals surface area contributed by atoms with E-state index in [4.69, 9.17) is 0 Å². The van der Waals surface area contributed by atoms with Crippen LogP contribution in [0.15, 0.2) is 18.2 Å². The van der Waals surface area contributed by atoms with E-state index in [1.807, 2.05) is 25.1 Å². The van der Waals surface area contributed by atoms with Crippen molar-refractivity contribution in [2.75, 3.05) is 5.32 Å². The topological polar surface area (TPSA) is 74.8 Å². The minimum Gasteiger partial charge on any atom is -0.342 e. The Morgan fingerprint density at radius 1 is 1.35 bits per heavy atom. The highest BCUT2D eigenvalue weighted by atomic mass is 16.2. The molecule has 3 rings (SSSR count). The number of amides is 1. The molecule has 0 saturated heterocycles. The molecular weight excluding hydrogens is 254 g/mol. The van der Waals surface area contributed by atoms with Crippen molar-refractivity contribution in [3.8, 4) is 0 Å². The van der Waals surface area contributed by atoms with E-state index in [0.717, 1.165) is 22.5 Å². The number of Topliss-reactive ketones (excluding diaryl/α,β-unsaturated/α-hetero) is 1. The lowest BCUT2D eigenvalue weighted by Gasteiger charge is -2.20. The second-order valence-corrected chi connectivity index (χ2v) is 5.36. The molecule has 1 aliphatic carbocycles. The highest BCUT2D eigenvalue weighted by Crippen LogP contribution is 2.24. The Labute approximate surface area is 116 Å². The van der Waals surface area contributed by atoms with Gasteiger partial charge in [0.1, 0.15) is 11.6 Å². The van der Waals surface area contributed by atoms with Gasteiger partial charge in [-0.3, -0.25) is 9.59 Å². The molecule has 1 amide bonds. The van der Waals surface area contributed by atoms with Crippen molar-refractivity contribution < 1.29 is 9.59 Å². The van der Waals surface area contributed by atoms with Crippen LogP contribution in [-0.4, -0.2) is 21.7 Å². The van der Waals surface area contributed by atoms with Crippen LogP contribution in [0.4, 0.5) is 5.69 Å². The van der Waals surface area contributed by atoms with E-state index in [0.29, 0.717) is 25.7 Å². The van der Waals surface area contributed by atoms with E-state index in [9.17, 15) is 9.59 Å². The first-order valence-electron chi connectivity index (χ1n) is 6.91.